The summed E-state index contributed by atoms with van der Waals surface area (Å²) < 4.78 is 1.84. The summed E-state index contributed by atoms with van der Waals surface area (Å²) >= 11 is 6.10. The average Bonchev–Trinajstić information content (AvgIpc) is 2.96. The molecule has 2 heterocycles. The van der Waals surface area contributed by atoms with E-state index in [4.69, 9.17) is 11.6 Å². The minimum Gasteiger partial charge on any atom is -0.305 e. The predicted molar refractivity (Wildman–Crippen MR) is 99.0 cm³/mol. The van der Waals surface area contributed by atoms with Gasteiger partial charge in [-0.15, -0.1) is 0 Å². The number of likely N-dealkylation sites (tertiary alicyclic amines) is 1. The third-order valence-electron chi connectivity index (χ3n) is 5.88. The lowest BCUT2D eigenvalue weighted by Gasteiger charge is -2.39. The Hall–Kier alpha value is -1.77. The Morgan fingerprint density at radius 1 is 1.08 bits per heavy atom. The second kappa shape index (κ2) is 6.86. The van der Waals surface area contributed by atoms with E-state index >= 15 is 0 Å². The number of fused-ring (bicyclic) bond motifs is 1. The van der Waals surface area contributed by atoms with Gasteiger partial charge in [0.05, 0.1) is 21.6 Å². The van der Waals surface area contributed by atoms with Gasteiger partial charge in [-0.3, -0.25) is 4.57 Å². The van der Waals surface area contributed by atoms with Gasteiger partial charge < -0.3 is 9.88 Å². The molecule has 0 unspecified atom stereocenters. The minimum absolute atomic E-state index is 0.0997. The van der Waals surface area contributed by atoms with Crippen LogP contribution in [-0.4, -0.2) is 33.6 Å². The molecule has 2 aromatic rings. The summed E-state index contributed by atoms with van der Waals surface area (Å²) in [7, 11) is 0. The van der Waals surface area contributed by atoms with Crippen LogP contribution < -0.4 is 5.69 Å². The number of H-pyrrole nitrogens is 1. The van der Waals surface area contributed by atoms with E-state index in [1.807, 2.05) is 4.57 Å². The molecule has 1 aliphatic heterocycles. The molecule has 2 fully saturated rings. The highest BCUT2D eigenvalue weighted by molar-refractivity contribution is 6.32. The topological polar surface area (TPSA) is 64.8 Å². The molecule has 0 radical (unpaired) electrons. The van der Waals surface area contributed by atoms with Crippen molar-refractivity contribution in [1.29, 1.82) is 5.26 Å². The third kappa shape index (κ3) is 3.09. The van der Waals surface area contributed by atoms with Crippen molar-refractivity contribution >= 4 is 22.6 Å². The molecular weight excluding hydrogens is 336 g/mol. The van der Waals surface area contributed by atoms with Crippen molar-refractivity contribution < 1.29 is 0 Å². The van der Waals surface area contributed by atoms with Crippen LogP contribution in [0.5, 0.6) is 0 Å². The van der Waals surface area contributed by atoms with Gasteiger partial charge in [0.1, 0.15) is 6.07 Å². The summed E-state index contributed by atoms with van der Waals surface area (Å²) in [5.74, 6) is 0. The Balaban J connectivity index is 1.57. The molecule has 1 saturated heterocycles. The van der Waals surface area contributed by atoms with E-state index < -0.39 is 0 Å². The van der Waals surface area contributed by atoms with Crippen LogP contribution in [0.25, 0.3) is 11.0 Å². The fourth-order valence-corrected chi connectivity index (χ4v) is 4.76. The van der Waals surface area contributed by atoms with Crippen molar-refractivity contribution in [2.75, 3.05) is 13.1 Å². The number of nitrogens with zero attached hydrogens (tertiary/aromatic N) is 3. The Morgan fingerprint density at radius 2 is 1.80 bits per heavy atom. The van der Waals surface area contributed by atoms with Crippen LogP contribution in [-0.2, 0) is 0 Å². The molecule has 1 aromatic carbocycles. The number of aromatic nitrogens is 2. The van der Waals surface area contributed by atoms with E-state index in [2.05, 4.69) is 16.0 Å². The number of aromatic amines is 1. The molecule has 25 heavy (non-hydrogen) atoms. The molecule has 4 rings (SSSR count). The van der Waals surface area contributed by atoms with Gasteiger partial charge in [-0.05, 0) is 37.8 Å². The van der Waals surface area contributed by atoms with Crippen LogP contribution >= 0.6 is 11.6 Å². The van der Waals surface area contributed by atoms with Gasteiger partial charge in [-0.1, -0.05) is 30.9 Å². The van der Waals surface area contributed by atoms with E-state index in [9.17, 15) is 10.1 Å². The van der Waals surface area contributed by atoms with Crippen molar-refractivity contribution in [2.24, 2.45) is 0 Å². The lowest BCUT2D eigenvalue weighted by molar-refractivity contribution is 0.109. The van der Waals surface area contributed by atoms with Crippen LogP contribution in [0.4, 0.5) is 0 Å². The first-order valence-electron chi connectivity index (χ1n) is 9.25. The molecule has 0 amide bonds. The molecule has 1 aliphatic carbocycles. The summed E-state index contributed by atoms with van der Waals surface area (Å²) in [5.41, 5.74) is 1.82. The first-order chi connectivity index (χ1) is 12.2. The molecule has 0 spiro atoms. The maximum Gasteiger partial charge on any atom is 0.326 e. The first kappa shape index (κ1) is 16.7. The predicted octanol–water partition coefficient (Wildman–Crippen LogP) is 3.82. The molecule has 1 aromatic heterocycles. The van der Waals surface area contributed by atoms with Gasteiger partial charge in [-0.25, -0.2) is 4.79 Å². The zero-order valence-electron chi connectivity index (χ0n) is 14.3. The normalized spacial score (nSPS) is 20.8. The van der Waals surface area contributed by atoms with Crippen LogP contribution in [0.2, 0.25) is 5.02 Å². The van der Waals surface area contributed by atoms with Crippen molar-refractivity contribution in [3.05, 3.63) is 33.2 Å². The summed E-state index contributed by atoms with van der Waals surface area (Å²) in [6, 6.07) is 6.45. The number of benzene rings is 1. The monoisotopic (exact) mass is 358 g/mol. The minimum atomic E-state index is -0.0997. The highest BCUT2D eigenvalue weighted by atomic mass is 35.5. The molecule has 132 valence electrons. The molecule has 2 aliphatic rings. The van der Waals surface area contributed by atoms with Gasteiger partial charge in [0.15, 0.2) is 0 Å². The number of rotatable bonds is 2. The van der Waals surface area contributed by atoms with E-state index in [1.165, 1.54) is 32.1 Å². The van der Waals surface area contributed by atoms with Gasteiger partial charge in [0.2, 0.25) is 0 Å². The number of halogens is 1. The van der Waals surface area contributed by atoms with Gasteiger partial charge in [0.25, 0.3) is 0 Å². The number of nitrogens with one attached hydrogen (secondary N) is 1. The second-order valence-electron chi connectivity index (χ2n) is 7.32. The number of imidazole rings is 1. The molecule has 1 N–H and O–H groups in total. The summed E-state index contributed by atoms with van der Waals surface area (Å²) in [6.07, 6.45) is 8.68. The highest BCUT2D eigenvalue weighted by Crippen LogP contribution is 2.31. The number of hydrogen-bond acceptors (Lipinski definition) is 3. The maximum absolute atomic E-state index is 12.5. The Morgan fingerprint density at radius 3 is 2.48 bits per heavy atom. The quantitative estimate of drug-likeness (QED) is 0.887. The summed E-state index contributed by atoms with van der Waals surface area (Å²) in [5, 5.41) is 9.61. The Kier molecular flexibility index (Phi) is 4.58. The van der Waals surface area contributed by atoms with Crippen molar-refractivity contribution in [3.63, 3.8) is 0 Å². The van der Waals surface area contributed by atoms with Crippen LogP contribution in [0, 0.1) is 11.3 Å². The largest absolute Gasteiger partial charge is 0.326 e. The molecular formula is C19H23ClN4O. The lowest BCUT2D eigenvalue weighted by Crippen LogP contribution is -2.43. The average molecular weight is 359 g/mol. The summed E-state index contributed by atoms with van der Waals surface area (Å²) in [6.45, 7) is 2.10. The molecule has 6 heteroatoms. The highest BCUT2D eigenvalue weighted by Gasteiger charge is 2.28. The number of hydrogen-bond donors (Lipinski definition) is 1. The second-order valence-corrected chi connectivity index (χ2v) is 7.73. The molecule has 5 nitrogen and oxygen atoms in total. The van der Waals surface area contributed by atoms with E-state index in [-0.39, 0.29) is 11.7 Å². The van der Waals surface area contributed by atoms with Crippen LogP contribution in [0.1, 0.15) is 56.6 Å². The zero-order chi connectivity index (χ0) is 17.4. The molecule has 0 atom stereocenters. The number of piperidine rings is 1. The number of nitriles is 1. The molecule has 0 bridgehead atoms. The zero-order valence-corrected chi connectivity index (χ0v) is 15.1. The Bertz CT molecular complexity index is 864. The standard InChI is InChI=1S/C19H23ClN4O/c20-16-11-17-18(10-13(16)12-21)24(19(25)22-17)15-6-8-23(9-7-15)14-4-2-1-3-5-14/h10-11,14-15H,1-9H2,(H,22,25). The maximum atomic E-state index is 12.5. The molecule has 1 saturated carbocycles. The van der Waals surface area contributed by atoms with E-state index in [1.54, 1.807) is 12.1 Å². The van der Waals surface area contributed by atoms with Gasteiger partial charge in [-0.2, -0.15) is 5.26 Å². The van der Waals surface area contributed by atoms with Crippen molar-refractivity contribution in [2.45, 2.75) is 57.0 Å². The third-order valence-corrected chi connectivity index (χ3v) is 6.19. The van der Waals surface area contributed by atoms with Crippen molar-refractivity contribution in [3.8, 4) is 6.07 Å². The lowest BCUT2D eigenvalue weighted by atomic mass is 9.92. The van der Waals surface area contributed by atoms with Crippen LogP contribution in [0.3, 0.4) is 0 Å². The van der Waals surface area contributed by atoms with Gasteiger partial charge >= 0.3 is 5.69 Å². The Labute approximate surface area is 152 Å². The smallest absolute Gasteiger partial charge is 0.305 e. The van der Waals surface area contributed by atoms with Gasteiger partial charge in [0, 0.05) is 25.2 Å². The fraction of sp³-hybridized carbons (Fsp3) is 0.579. The first-order valence-corrected chi connectivity index (χ1v) is 9.63. The fourth-order valence-electron chi connectivity index (χ4n) is 4.55. The van der Waals surface area contributed by atoms with Crippen molar-refractivity contribution in [1.82, 2.24) is 14.5 Å². The summed E-state index contributed by atoms with van der Waals surface area (Å²) in [4.78, 5) is 18.0. The SMILES string of the molecule is N#Cc1cc2c(cc1Cl)[nH]c(=O)n2C1CCN(C2CCCCC2)CC1. The van der Waals surface area contributed by atoms with E-state index in [0.717, 1.165) is 37.5 Å². The van der Waals surface area contributed by atoms with E-state index in [0.29, 0.717) is 16.1 Å². The van der Waals surface area contributed by atoms with Crippen LogP contribution in [0.15, 0.2) is 16.9 Å².